The van der Waals surface area contributed by atoms with Crippen molar-refractivity contribution in [3.05, 3.63) is 35.9 Å². The second kappa shape index (κ2) is 6.92. The number of ether oxygens (including phenoxy) is 2. The van der Waals surface area contributed by atoms with Gasteiger partial charge in [-0.2, -0.15) is 0 Å². The van der Waals surface area contributed by atoms with Crippen LogP contribution in [0.2, 0.25) is 0 Å². The van der Waals surface area contributed by atoms with Crippen LogP contribution in [0.5, 0.6) is 0 Å². The fourth-order valence-electron chi connectivity index (χ4n) is 2.39. The summed E-state index contributed by atoms with van der Waals surface area (Å²) in [5.41, 5.74) is 0.494. The molecule has 0 aliphatic carbocycles. The molecule has 1 aliphatic rings. The minimum atomic E-state index is -0.576. The van der Waals surface area contributed by atoms with E-state index in [-0.39, 0.29) is 6.10 Å². The zero-order chi connectivity index (χ0) is 16.2. The lowest BCUT2D eigenvalue weighted by molar-refractivity contribution is -0.111. The first kappa shape index (κ1) is 16.5. The highest BCUT2D eigenvalue weighted by Gasteiger charge is 2.37. The Morgan fingerprint density at radius 2 is 2.00 bits per heavy atom. The Morgan fingerprint density at radius 3 is 2.59 bits per heavy atom. The minimum absolute atomic E-state index is 0.150. The Morgan fingerprint density at radius 1 is 1.32 bits per heavy atom. The molecule has 5 nitrogen and oxygen atoms in total. The number of carbonyl (C=O) groups excluding carboxylic acids is 2. The predicted molar refractivity (Wildman–Crippen MR) is 82.4 cm³/mol. The minimum Gasteiger partial charge on any atom is -0.444 e. The standard InChI is InChI=1S/C17H23NO4/c1-17(2,3)22-16(20)18-10-15(9-14(18)11-19)21-12-13-7-5-4-6-8-13/h4-8,11,14-15H,9-10,12H2,1-3H3/t14-,15-/m1/s1. The van der Waals surface area contributed by atoms with Gasteiger partial charge in [-0.05, 0) is 26.3 Å². The number of rotatable bonds is 4. The second-order valence-corrected chi connectivity index (χ2v) is 6.49. The van der Waals surface area contributed by atoms with Gasteiger partial charge in [0.2, 0.25) is 0 Å². The zero-order valence-corrected chi connectivity index (χ0v) is 13.3. The average molecular weight is 305 g/mol. The van der Waals surface area contributed by atoms with Gasteiger partial charge in [0.15, 0.2) is 0 Å². The first-order valence-electron chi connectivity index (χ1n) is 7.49. The van der Waals surface area contributed by atoms with E-state index in [0.717, 1.165) is 11.8 Å². The van der Waals surface area contributed by atoms with E-state index in [1.165, 1.54) is 4.90 Å². The van der Waals surface area contributed by atoms with Crippen molar-refractivity contribution < 1.29 is 19.1 Å². The van der Waals surface area contributed by atoms with Gasteiger partial charge in [0, 0.05) is 6.42 Å². The highest BCUT2D eigenvalue weighted by Crippen LogP contribution is 2.23. The van der Waals surface area contributed by atoms with Gasteiger partial charge in [-0.3, -0.25) is 4.90 Å². The number of aldehydes is 1. The summed E-state index contributed by atoms with van der Waals surface area (Å²) >= 11 is 0. The molecule has 1 aromatic rings. The zero-order valence-electron chi connectivity index (χ0n) is 13.3. The van der Waals surface area contributed by atoms with Crippen LogP contribution in [0.4, 0.5) is 4.79 Å². The molecule has 120 valence electrons. The summed E-state index contributed by atoms with van der Waals surface area (Å²) in [6.07, 6.45) is 0.684. The van der Waals surface area contributed by atoms with Crippen molar-refractivity contribution >= 4 is 12.4 Å². The van der Waals surface area contributed by atoms with Crippen LogP contribution in [-0.4, -0.2) is 41.6 Å². The van der Waals surface area contributed by atoms with E-state index < -0.39 is 17.7 Å². The van der Waals surface area contributed by atoms with Crippen LogP contribution in [0.15, 0.2) is 30.3 Å². The molecule has 0 bridgehead atoms. The maximum atomic E-state index is 12.1. The van der Waals surface area contributed by atoms with Crippen LogP contribution in [0, 0.1) is 0 Å². The van der Waals surface area contributed by atoms with Crippen molar-refractivity contribution in [3.8, 4) is 0 Å². The van der Waals surface area contributed by atoms with Crippen LogP contribution in [-0.2, 0) is 20.9 Å². The fourth-order valence-corrected chi connectivity index (χ4v) is 2.39. The van der Waals surface area contributed by atoms with Crippen LogP contribution >= 0.6 is 0 Å². The number of nitrogens with zero attached hydrogens (tertiary/aromatic N) is 1. The van der Waals surface area contributed by atoms with E-state index in [1.54, 1.807) is 20.8 Å². The lowest BCUT2D eigenvalue weighted by atomic mass is 10.2. The van der Waals surface area contributed by atoms with Gasteiger partial charge < -0.3 is 14.3 Å². The molecule has 1 aliphatic heterocycles. The molecule has 1 fully saturated rings. The van der Waals surface area contributed by atoms with Gasteiger partial charge in [-0.25, -0.2) is 4.79 Å². The molecule has 0 radical (unpaired) electrons. The Hall–Kier alpha value is -1.88. The number of carbonyl (C=O) groups is 2. The number of benzene rings is 1. The molecule has 1 heterocycles. The van der Waals surface area contributed by atoms with Crippen LogP contribution in [0.25, 0.3) is 0 Å². The topological polar surface area (TPSA) is 55.8 Å². The smallest absolute Gasteiger partial charge is 0.410 e. The normalized spacial score (nSPS) is 21.7. The van der Waals surface area contributed by atoms with Crippen molar-refractivity contribution in [2.45, 2.75) is 51.5 Å². The van der Waals surface area contributed by atoms with E-state index >= 15 is 0 Å². The summed E-state index contributed by atoms with van der Waals surface area (Å²) in [5, 5.41) is 0. The second-order valence-electron chi connectivity index (χ2n) is 6.49. The van der Waals surface area contributed by atoms with Crippen LogP contribution in [0.1, 0.15) is 32.8 Å². The molecular weight excluding hydrogens is 282 g/mol. The highest BCUT2D eigenvalue weighted by atomic mass is 16.6. The average Bonchev–Trinajstić information content (AvgIpc) is 2.88. The largest absolute Gasteiger partial charge is 0.444 e. The molecule has 0 spiro atoms. The first-order chi connectivity index (χ1) is 10.4. The molecule has 1 amide bonds. The molecule has 22 heavy (non-hydrogen) atoms. The molecular formula is C17H23NO4. The SMILES string of the molecule is CC(C)(C)OC(=O)N1C[C@H](OCc2ccccc2)C[C@@H]1C=O. The molecule has 2 rings (SSSR count). The van der Waals surface area contributed by atoms with E-state index in [0.29, 0.717) is 19.6 Å². The molecule has 0 N–H and O–H groups in total. The van der Waals surface area contributed by atoms with Gasteiger partial charge in [0.05, 0.1) is 25.3 Å². The molecule has 1 aromatic carbocycles. The summed E-state index contributed by atoms with van der Waals surface area (Å²) in [5.74, 6) is 0. The summed E-state index contributed by atoms with van der Waals surface area (Å²) in [6.45, 7) is 6.27. The Kier molecular flexibility index (Phi) is 5.19. The lowest BCUT2D eigenvalue weighted by Gasteiger charge is -2.26. The molecule has 5 heteroatoms. The Labute approximate surface area is 131 Å². The third kappa shape index (κ3) is 4.56. The monoisotopic (exact) mass is 305 g/mol. The lowest BCUT2D eigenvalue weighted by Crippen LogP contribution is -2.40. The highest BCUT2D eigenvalue weighted by molar-refractivity contribution is 5.74. The van der Waals surface area contributed by atoms with Gasteiger partial charge in [-0.15, -0.1) is 0 Å². The quantitative estimate of drug-likeness (QED) is 0.803. The maximum Gasteiger partial charge on any atom is 0.410 e. The summed E-state index contributed by atoms with van der Waals surface area (Å²) in [6, 6.07) is 9.35. The molecule has 2 atom stereocenters. The van der Waals surface area contributed by atoms with E-state index in [9.17, 15) is 9.59 Å². The van der Waals surface area contributed by atoms with E-state index in [2.05, 4.69) is 0 Å². The van der Waals surface area contributed by atoms with Crippen molar-refractivity contribution in [1.82, 2.24) is 4.90 Å². The molecule has 0 saturated carbocycles. The van der Waals surface area contributed by atoms with Crippen molar-refractivity contribution in [2.75, 3.05) is 6.54 Å². The van der Waals surface area contributed by atoms with Gasteiger partial charge in [-0.1, -0.05) is 30.3 Å². The third-order valence-corrected chi connectivity index (χ3v) is 3.42. The van der Waals surface area contributed by atoms with Crippen LogP contribution < -0.4 is 0 Å². The van der Waals surface area contributed by atoms with Crippen molar-refractivity contribution in [2.24, 2.45) is 0 Å². The number of amides is 1. The van der Waals surface area contributed by atoms with Gasteiger partial charge >= 0.3 is 6.09 Å². The molecule has 1 saturated heterocycles. The number of hydrogen-bond acceptors (Lipinski definition) is 4. The van der Waals surface area contributed by atoms with E-state index in [1.807, 2.05) is 30.3 Å². The van der Waals surface area contributed by atoms with Crippen LogP contribution in [0.3, 0.4) is 0 Å². The fraction of sp³-hybridized carbons (Fsp3) is 0.529. The predicted octanol–water partition coefficient (Wildman–Crippen LogP) is 2.78. The van der Waals surface area contributed by atoms with Gasteiger partial charge in [0.25, 0.3) is 0 Å². The van der Waals surface area contributed by atoms with Gasteiger partial charge in [0.1, 0.15) is 11.9 Å². The van der Waals surface area contributed by atoms with E-state index in [4.69, 9.17) is 9.47 Å². The number of hydrogen-bond donors (Lipinski definition) is 0. The summed E-state index contributed by atoms with van der Waals surface area (Å²) in [7, 11) is 0. The Balaban J connectivity index is 1.91. The Bertz CT molecular complexity index is 509. The van der Waals surface area contributed by atoms with Crippen molar-refractivity contribution in [1.29, 1.82) is 0 Å². The molecule has 0 aromatic heterocycles. The maximum absolute atomic E-state index is 12.1. The summed E-state index contributed by atoms with van der Waals surface area (Å²) < 4.78 is 11.2. The third-order valence-electron chi connectivity index (χ3n) is 3.42. The summed E-state index contributed by atoms with van der Waals surface area (Å²) in [4.78, 5) is 24.8. The molecule has 0 unspecified atom stereocenters. The number of likely N-dealkylation sites (tertiary alicyclic amines) is 1. The van der Waals surface area contributed by atoms with Crippen molar-refractivity contribution in [3.63, 3.8) is 0 Å². The first-order valence-corrected chi connectivity index (χ1v) is 7.49.